The van der Waals surface area contributed by atoms with Gasteiger partial charge in [0.05, 0.1) is 6.61 Å². The fraction of sp³-hybridized carbons (Fsp3) is 0.538. The highest BCUT2D eigenvalue weighted by atomic mass is 19.1. The van der Waals surface area contributed by atoms with Crippen molar-refractivity contribution in [2.75, 3.05) is 26.9 Å². The first-order valence-electron chi connectivity index (χ1n) is 5.93. The normalized spacial score (nSPS) is 21.4. The summed E-state index contributed by atoms with van der Waals surface area (Å²) in [5.74, 6) is 0.448. The number of rotatable bonds is 5. The summed E-state index contributed by atoms with van der Waals surface area (Å²) in [6.45, 7) is 2.03. The van der Waals surface area contributed by atoms with E-state index in [0.29, 0.717) is 18.3 Å². The molecular weight excluding hydrogens is 221 g/mol. The Labute approximate surface area is 101 Å². The van der Waals surface area contributed by atoms with Gasteiger partial charge < -0.3 is 14.8 Å². The van der Waals surface area contributed by atoms with Crippen LogP contribution in [0.15, 0.2) is 24.3 Å². The van der Waals surface area contributed by atoms with Crippen molar-refractivity contribution < 1.29 is 13.9 Å². The Morgan fingerprint density at radius 1 is 1.53 bits per heavy atom. The molecule has 1 fully saturated rings. The van der Waals surface area contributed by atoms with Crippen LogP contribution in [0.3, 0.4) is 0 Å². The Bertz CT molecular complexity index is 353. The lowest BCUT2D eigenvalue weighted by Gasteiger charge is -2.22. The van der Waals surface area contributed by atoms with Gasteiger partial charge >= 0.3 is 0 Å². The second kappa shape index (κ2) is 5.98. The summed E-state index contributed by atoms with van der Waals surface area (Å²) >= 11 is 0. The molecule has 3 nitrogen and oxygen atoms in total. The van der Waals surface area contributed by atoms with E-state index >= 15 is 0 Å². The lowest BCUT2D eigenvalue weighted by molar-refractivity contribution is 0.161. The topological polar surface area (TPSA) is 30.5 Å². The zero-order valence-corrected chi connectivity index (χ0v) is 9.99. The van der Waals surface area contributed by atoms with Gasteiger partial charge in [-0.2, -0.15) is 0 Å². The average Bonchev–Trinajstić information content (AvgIpc) is 2.86. The van der Waals surface area contributed by atoms with Gasteiger partial charge in [-0.15, -0.1) is 0 Å². The molecule has 1 saturated heterocycles. The monoisotopic (exact) mass is 239 g/mol. The first kappa shape index (κ1) is 12.3. The molecule has 0 aliphatic carbocycles. The van der Waals surface area contributed by atoms with Crippen LogP contribution in [-0.2, 0) is 4.74 Å². The van der Waals surface area contributed by atoms with Crippen molar-refractivity contribution in [3.63, 3.8) is 0 Å². The minimum absolute atomic E-state index is 0.206. The van der Waals surface area contributed by atoms with Crippen molar-refractivity contribution in [2.45, 2.75) is 12.5 Å². The van der Waals surface area contributed by atoms with Crippen LogP contribution in [-0.4, -0.2) is 32.9 Å². The van der Waals surface area contributed by atoms with Crippen LogP contribution in [0.25, 0.3) is 0 Å². The highest BCUT2D eigenvalue weighted by Gasteiger charge is 2.25. The van der Waals surface area contributed by atoms with Crippen LogP contribution in [0, 0.1) is 11.7 Å². The van der Waals surface area contributed by atoms with Crippen molar-refractivity contribution in [1.82, 2.24) is 5.32 Å². The van der Waals surface area contributed by atoms with E-state index in [4.69, 9.17) is 9.47 Å². The van der Waals surface area contributed by atoms with Crippen LogP contribution in [0.1, 0.15) is 6.42 Å². The maximum absolute atomic E-state index is 13.4. The molecule has 94 valence electrons. The van der Waals surface area contributed by atoms with Gasteiger partial charge in [0.2, 0.25) is 0 Å². The summed E-state index contributed by atoms with van der Waals surface area (Å²) in [4.78, 5) is 0. The van der Waals surface area contributed by atoms with Gasteiger partial charge in [-0.3, -0.25) is 0 Å². The number of nitrogens with one attached hydrogen (secondary N) is 1. The predicted octanol–water partition coefficient (Wildman–Crippen LogP) is 1.83. The summed E-state index contributed by atoms with van der Waals surface area (Å²) in [5.41, 5.74) is 0. The molecule has 2 atom stereocenters. The zero-order chi connectivity index (χ0) is 12.1. The van der Waals surface area contributed by atoms with E-state index in [1.807, 2.05) is 7.05 Å². The first-order chi connectivity index (χ1) is 8.31. The highest BCUT2D eigenvalue weighted by molar-refractivity contribution is 5.23. The van der Waals surface area contributed by atoms with Gasteiger partial charge in [0.1, 0.15) is 6.61 Å². The van der Waals surface area contributed by atoms with Gasteiger partial charge in [-0.25, -0.2) is 4.39 Å². The number of benzene rings is 1. The van der Waals surface area contributed by atoms with Crippen molar-refractivity contribution in [1.29, 1.82) is 0 Å². The molecule has 4 heteroatoms. The molecule has 0 bridgehead atoms. The molecule has 2 rings (SSSR count). The van der Waals surface area contributed by atoms with Crippen molar-refractivity contribution in [3.05, 3.63) is 30.1 Å². The Hall–Kier alpha value is -1.13. The summed E-state index contributed by atoms with van der Waals surface area (Å²) in [5, 5.41) is 3.21. The van der Waals surface area contributed by atoms with Crippen LogP contribution < -0.4 is 10.1 Å². The van der Waals surface area contributed by atoms with Crippen molar-refractivity contribution in [3.8, 4) is 5.75 Å². The lowest BCUT2D eigenvalue weighted by Crippen LogP contribution is -2.39. The van der Waals surface area contributed by atoms with E-state index < -0.39 is 0 Å². The summed E-state index contributed by atoms with van der Waals surface area (Å²) in [6.07, 6.45) is 1.03. The van der Waals surface area contributed by atoms with E-state index in [1.54, 1.807) is 18.2 Å². The molecule has 0 amide bonds. The predicted molar refractivity (Wildman–Crippen MR) is 63.7 cm³/mol. The van der Waals surface area contributed by atoms with E-state index in [9.17, 15) is 4.39 Å². The Morgan fingerprint density at radius 2 is 2.35 bits per heavy atom. The molecule has 0 aromatic heterocycles. The molecule has 1 aliphatic heterocycles. The standard InChI is InChI=1S/C13H18FNO2/c1-15-12(10-6-7-16-8-10)9-17-13-5-3-2-4-11(13)14/h2-5,10,12,15H,6-9H2,1H3. The van der Waals surface area contributed by atoms with E-state index in [-0.39, 0.29) is 11.9 Å². The van der Waals surface area contributed by atoms with Gasteiger partial charge in [-0.1, -0.05) is 12.1 Å². The number of hydrogen-bond acceptors (Lipinski definition) is 3. The minimum atomic E-state index is -0.315. The number of hydrogen-bond donors (Lipinski definition) is 1. The number of likely N-dealkylation sites (N-methyl/N-ethyl adjacent to an activating group) is 1. The third-order valence-corrected chi connectivity index (χ3v) is 3.16. The van der Waals surface area contributed by atoms with Crippen LogP contribution in [0.5, 0.6) is 5.75 Å². The number of para-hydroxylation sites is 1. The Morgan fingerprint density at radius 3 is 3.00 bits per heavy atom. The molecule has 0 saturated carbocycles. The molecule has 1 aliphatic rings. The van der Waals surface area contributed by atoms with E-state index in [1.165, 1.54) is 6.07 Å². The fourth-order valence-electron chi connectivity index (χ4n) is 2.07. The SMILES string of the molecule is CNC(COc1ccccc1F)C1CCOC1. The Balaban J connectivity index is 1.89. The maximum atomic E-state index is 13.4. The van der Waals surface area contributed by atoms with Gasteiger partial charge in [0, 0.05) is 18.6 Å². The average molecular weight is 239 g/mol. The van der Waals surface area contributed by atoms with Gasteiger partial charge in [0.25, 0.3) is 0 Å². The molecule has 0 radical (unpaired) electrons. The smallest absolute Gasteiger partial charge is 0.165 e. The number of halogens is 1. The third-order valence-electron chi connectivity index (χ3n) is 3.16. The minimum Gasteiger partial charge on any atom is -0.489 e. The molecule has 0 spiro atoms. The zero-order valence-electron chi connectivity index (χ0n) is 9.99. The molecular formula is C13H18FNO2. The first-order valence-corrected chi connectivity index (χ1v) is 5.93. The second-order valence-electron chi connectivity index (χ2n) is 4.26. The molecule has 1 N–H and O–H groups in total. The molecule has 1 heterocycles. The quantitative estimate of drug-likeness (QED) is 0.850. The second-order valence-corrected chi connectivity index (χ2v) is 4.26. The van der Waals surface area contributed by atoms with Crippen LogP contribution >= 0.6 is 0 Å². The third kappa shape index (κ3) is 3.17. The van der Waals surface area contributed by atoms with Crippen LogP contribution in [0.2, 0.25) is 0 Å². The number of ether oxygens (including phenoxy) is 2. The van der Waals surface area contributed by atoms with E-state index in [2.05, 4.69) is 5.32 Å². The summed E-state index contributed by atoms with van der Waals surface area (Å²) in [6, 6.07) is 6.68. The van der Waals surface area contributed by atoms with Crippen molar-refractivity contribution in [2.24, 2.45) is 5.92 Å². The summed E-state index contributed by atoms with van der Waals surface area (Å²) < 4.78 is 24.2. The summed E-state index contributed by atoms with van der Waals surface area (Å²) in [7, 11) is 1.90. The van der Waals surface area contributed by atoms with E-state index in [0.717, 1.165) is 19.6 Å². The fourth-order valence-corrected chi connectivity index (χ4v) is 2.07. The molecule has 1 aromatic rings. The van der Waals surface area contributed by atoms with Gasteiger partial charge in [0.15, 0.2) is 11.6 Å². The molecule has 2 unspecified atom stereocenters. The lowest BCUT2D eigenvalue weighted by atomic mass is 10.00. The highest BCUT2D eigenvalue weighted by Crippen LogP contribution is 2.19. The Kier molecular flexibility index (Phi) is 4.34. The van der Waals surface area contributed by atoms with Crippen molar-refractivity contribution >= 4 is 0 Å². The van der Waals surface area contributed by atoms with Gasteiger partial charge in [-0.05, 0) is 25.6 Å². The van der Waals surface area contributed by atoms with Crippen LogP contribution in [0.4, 0.5) is 4.39 Å². The maximum Gasteiger partial charge on any atom is 0.165 e. The largest absolute Gasteiger partial charge is 0.489 e. The molecule has 17 heavy (non-hydrogen) atoms. The molecule has 1 aromatic carbocycles.